The number of morpholine rings is 1. The lowest BCUT2D eigenvalue weighted by atomic mass is 9.96. The van der Waals surface area contributed by atoms with Crippen LogP contribution in [0.15, 0.2) is 29.2 Å². The number of hydrogen-bond donors (Lipinski definition) is 2. The first-order chi connectivity index (χ1) is 17.3. The first-order valence-corrected chi connectivity index (χ1v) is 14.0. The van der Waals surface area contributed by atoms with Gasteiger partial charge in [0.2, 0.25) is 15.9 Å². The number of ether oxygens (including phenoxy) is 3. The van der Waals surface area contributed by atoms with Gasteiger partial charge in [0, 0.05) is 26.2 Å². The number of aliphatic hydroxyl groups is 1. The minimum Gasteiger partial charge on any atom is -0.389 e. The van der Waals surface area contributed by atoms with E-state index in [1.165, 1.54) is 22.5 Å². The molecule has 4 atom stereocenters. The van der Waals surface area contributed by atoms with E-state index in [2.05, 4.69) is 10.2 Å². The number of benzene rings is 1. The highest BCUT2D eigenvalue weighted by Gasteiger charge is 2.43. The maximum Gasteiger partial charge on any atom is 0.243 e. The Kier molecular flexibility index (Phi) is 9.67. The Hall–Kier alpha value is -1.67. The molecule has 3 heterocycles. The predicted molar refractivity (Wildman–Crippen MR) is 128 cm³/mol. The van der Waals surface area contributed by atoms with Crippen LogP contribution >= 0.6 is 0 Å². The van der Waals surface area contributed by atoms with E-state index in [9.17, 15) is 22.7 Å². The summed E-state index contributed by atoms with van der Waals surface area (Å²) in [6, 6.07) is 4.24. The fraction of sp³-hybridized carbons (Fsp3) is 0.708. The Morgan fingerprint density at radius 2 is 1.97 bits per heavy atom. The van der Waals surface area contributed by atoms with Crippen molar-refractivity contribution in [3.8, 4) is 0 Å². The Morgan fingerprint density at radius 1 is 1.17 bits per heavy atom. The van der Waals surface area contributed by atoms with Crippen LogP contribution in [0.1, 0.15) is 25.7 Å². The molecule has 0 aliphatic carbocycles. The van der Waals surface area contributed by atoms with E-state index < -0.39 is 34.1 Å². The van der Waals surface area contributed by atoms with Crippen LogP contribution in [-0.2, 0) is 29.0 Å². The molecule has 2 N–H and O–H groups in total. The highest BCUT2D eigenvalue weighted by atomic mass is 32.2. The zero-order valence-corrected chi connectivity index (χ0v) is 21.2. The molecule has 3 aliphatic heterocycles. The van der Waals surface area contributed by atoms with E-state index in [0.717, 1.165) is 45.3 Å². The molecule has 0 bridgehead atoms. The van der Waals surface area contributed by atoms with Gasteiger partial charge in [0.15, 0.2) is 0 Å². The SMILES string of the molecule is O=C(C[C@@H]1CC[C@H]2[C@@H](COC[C@H](O)CN2S(=O)(=O)c2cccc(F)c2)O1)NCCCN1CCOCC1. The average Bonchev–Trinajstić information content (AvgIpc) is 2.85. The Balaban J connectivity index is 1.33. The Morgan fingerprint density at radius 3 is 2.75 bits per heavy atom. The van der Waals surface area contributed by atoms with Crippen LogP contribution in [0, 0.1) is 5.82 Å². The largest absolute Gasteiger partial charge is 0.389 e. The second-order valence-electron chi connectivity index (χ2n) is 9.53. The van der Waals surface area contributed by atoms with Gasteiger partial charge >= 0.3 is 0 Å². The van der Waals surface area contributed by atoms with Gasteiger partial charge in [-0.3, -0.25) is 9.69 Å². The van der Waals surface area contributed by atoms with Crippen molar-refractivity contribution in [2.75, 3.05) is 59.2 Å². The number of fused-ring (bicyclic) bond motifs is 1. The number of carbonyl (C=O) groups excluding carboxylic acids is 1. The fourth-order valence-electron chi connectivity index (χ4n) is 4.97. The van der Waals surface area contributed by atoms with Gasteiger partial charge in [-0.25, -0.2) is 12.8 Å². The minimum absolute atomic E-state index is 0.0456. The van der Waals surface area contributed by atoms with Gasteiger partial charge in [-0.05, 0) is 44.0 Å². The summed E-state index contributed by atoms with van der Waals surface area (Å²) in [6.45, 7) is 4.67. The minimum atomic E-state index is -4.09. The lowest BCUT2D eigenvalue weighted by Gasteiger charge is -2.43. The smallest absolute Gasteiger partial charge is 0.243 e. The number of nitrogens with zero attached hydrogens (tertiary/aromatic N) is 2. The van der Waals surface area contributed by atoms with E-state index in [4.69, 9.17) is 14.2 Å². The van der Waals surface area contributed by atoms with E-state index in [0.29, 0.717) is 19.4 Å². The van der Waals surface area contributed by atoms with Gasteiger partial charge in [0.1, 0.15) is 5.82 Å². The summed E-state index contributed by atoms with van der Waals surface area (Å²) in [4.78, 5) is 14.6. The Bertz CT molecular complexity index is 976. The van der Waals surface area contributed by atoms with Gasteiger partial charge < -0.3 is 24.6 Å². The second kappa shape index (κ2) is 12.7. The average molecular weight is 530 g/mol. The van der Waals surface area contributed by atoms with Gasteiger partial charge in [-0.15, -0.1) is 0 Å². The maximum atomic E-state index is 13.8. The third kappa shape index (κ3) is 7.21. The third-order valence-corrected chi connectivity index (χ3v) is 8.71. The molecule has 4 rings (SSSR count). The highest BCUT2D eigenvalue weighted by Crippen LogP contribution is 2.31. The molecule has 0 radical (unpaired) electrons. The van der Waals surface area contributed by atoms with Crippen molar-refractivity contribution in [3.05, 3.63) is 30.1 Å². The number of halogens is 1. The molecule has 0 aromatic heterocycles. The van der Waals surface area contributed by atoms with Crippen molar-refractivity contribution in [1.82, 2.24) is 14.5 Å². The van der Waals surface area contributed by atoms with Crippen LogP contribution in [0.5, 0.6) is 0 Å². The number of aliphatic hydroxyl groups excluding tert-OH is 1. The molecule has 36 heavy (non-hydrogen) atoms. The molecule has 10 nitrogen and oxygen atoms in total. The summed E-state index contributed by atoms with van der Waals surface area (Å²) in [7, 11) is -4.09. The van der Waals surface area contributed by atoms with Crippen LogP contribution in [0.3, 0.4) is 0 Å². The number of nitrogens with one attached hydrogen (secondary N) is 1. The standard InChI is InChI=1S/C24H36FN3O7S/c25-18-3-1-4-21(13-18)36(31,32)28-15-19(29)16-34-17-23-22(28)6-5-20(35-23)14-24(30)26-7-2-8-27-9-11-33-12-10-27/h1,3-4,13,19-20,22-23,29H,2,5-12,14-17H2,(H,26,30)/t19-,20+,22+,23-/m1/s1. The first kappa shape index (κ1) is 27.4. The van der Waals surface area contributed by atoms with Gasteiger partial charge in [0.25, 0.3) is 0 Å². The molecule has 3 saturated heterocycles. The number of hydrogen-bond acceptors (Lipinski definition) is 8. The van der Waals surface area contributed by atoms with Crippen LogP contribution in [0.2, 0.25) is 0 Å². The van der Waals surface area contributed by atoms with Crippen molar-refractivity contribution in [2.45, 2.75) is 54.9 Å². The van der Waals surface area contributed by atoms with Crippen LogP contribution < -0.4 is 5.32 Å². The number of rotatable bonds is 8. The first-order valence-electron chi connectivity index (χ1n) is 12.6. The normalized spacial score (nSPS) is 28.6. The number of sulfonamides is 1. The molecule has 202 valence electrons. The molecular formula is C24H36FN3O7S. The summed E-state index contributed by atoms with van der Waals surface area (Å²) in [5.74, 6) is -0.758. The summed E-state index contributed by atoms with van der Waals surface area (Å²) in [5, 5.41) is 13.2. The molecular weight excluding hydrogens is 493 g/mol. The van der Waals surface area contributed by atoms with E-state index in [1.54, 1.807) is 0 Å². The van der Waals surface area contributed by atoms with Gasteiger partial charge in [-0.1, -0.05) is 6.07 Å². The van der Waals surface area contributed by atoms with Crippen LogP contribution in [0.4, 0.5) is 4.39 Å². The van der Waals surface area contributed by atoms with Crippen molar-refractivity contribution in [3.63, 3.8) is 0 Å². The quantitative estimate of drug-likeness (QED) is 0.464. The number of carbonyl (C=O) groups is 1. The zero-order valence-electron chi connectivity index (χ0n) is 20.4. The van der Waals surface area contributed by atoms with E-state index in [1.807, 2.05) is 0 Å². The van der Waals surface area contributed by atoms with Crippen molar-refractivity contribution in [1.29, 1.82) is 0 Å². The highest BCUT2D eigenvalue weighted by molar-refractivity contribution is 7.89. The number of amides is 1. The second-order valence-corrected chi connectivity index (χ2v) is 11.4. The lowest BCUT2D eigenvalue weighted by Crippen LogP contribution is -2.57. The zero-order chi connectivity index (χ0) is 25.5. The van der Waals surface area contributed by atoms with Crippen molar-refractivity contribution >= 4 is 15.9 Å². The summed E-state index contributed by atoms with van der Waals surface area (Å²) in [6.07, 6.45) is -0.0377. The van der Waals surface area contributed by atoms with Gasteiger partial charge in [0.05, 0.1) is 62.1 Å². The van der Waals surface area contributed by atoms with Crippen molar-refractivity contribution in [2.24, 2.45) is 0 Å². The molecule has 12 heteroatoms. The fourth-order valence-corrected chi connectivity index (χ4v) is 6.72. The maximum absolute atomic E-state index is 13.8. The summed E-state index contributed by atoms with van der Waals surface area (Å²) >= 11 is 0. The molecule has 0 spiro atoms. The van der Waals surface area contributed by atoms with Crippen LogP contribution in [-0.4, -0.2) is 112 Å². The van der Waals surface area contributed by atoms with Crippen molar-refractivity contribution < 1.29 is 36.9 Å². The molecule has 0 saturated carbocycles. The molecule has 1 aromatic rings. The molecule has 1 amide bonds. The van der Waals surface area contributed by atoms with Crippen LogP contribution in [0.25, 0.3) is 0 Å². The van der Waals surface area contributed by atoms with E-state index >= 15 is 0 Å². The molecule has 3 fully saturated rings. The molecule has 0 unspecified atom stereocenters. The Labute approximate surface area is 211 Å². The number of β-amino-alcohol motifs (C(OH)–C–C–N with tert-alkyl or cyclic N) is 1. The summed E-state index contributed by atoms with van der Waals surface area (Å²) in [5.41, 5.74) is 0. The predicted octanol–water partition coefficient (Wildman–Crippen LogP) is 0.352. The molecule has 3 aliphatic rings. The summed E-state index contributed by atoms with van der Waals surface area (Å²) < 4.78 is 58.8. The van der Waals surface area contributed by atoms with E-state index in [-0.39, 0.29) is 43.1 Å². The third-order valence-electron chi connectivity index (χ3n) is 6.83. The topological polar surface area (TPSA) is 118 Å². The molecule has 1 aromatic carbocycles. The monoisotopic (exact) mass is 529 g/mol. The van der Waals surface area contributed by atoms with Gasteiger partial charge in [-0.2, -0.15) is 4.31 Å². The lowest BCUT2D eigenvalue weighted by molar-refractivity contribution is -0.146.